The molecular weight excluding hydrogens is 164 g/mol. The highest BCUT2D eigenvalue weighted by Crippen LogP contribution is 2.21. The molecule has 1 aliphatic heterocycles. The number of aliphatic imine (C=N–C) groups is 1. The van der Waals surface area contributed by atoms with Crippen LogP contribution in [0.5, 0.6) is 0 Å². The minimum absolute atomic E-state index is 0.0839. The van der Waals surface area contributed by atoms with Crippen LogP contribution in [0.4, 0.5) is 0 Å². The van der Waals surface area contributed by atoms with Crippen molar-refractivity contribution < 1.29 is 4.74 Å². The third-order valence-electron chi connectivity index (χ3n) is 2.13. The molecule has 1 aromatic carbocycles. The topological polar surface area (TPSA) is 47.6 Å². The number of nitrogens with two attached hydrogens (primary N) is 1. The van der Waals surface area contributed by atoms with Crippen LogP contribution in [-0.4, -0.2) is 12.6 Å². The van der Waals surface area contributed by atoms with Crippen LogP contribution in [0.2, 0.25) is 0 Å². The first-order valence-electron chi connectivity index (χ1n) is 4.28. The molecule has 0 radical (unpaired) electrons. The van der Waals surface area contributed by atoms with E-state index in [0.717, 1.165) is 5.56 Å². The van der Waals surface area contributed by atoms with Gasteiger partial charge in [0.1, 0.15) is 12.6 Å². The number of hydrogen-bond donors (Lipinski definition) is 1. The van der Waals surface area contributed by atoms with Gasteiger partial charge in [-0.05, 0) is 12.5 Å². The summed E-state index contributed by atoms with van der Waals surface area (Å²) in [6.45, 7) is 2.63. The molecule has 0 amide bonds. The zero-order valence-electron chi connectivity index (χ0n) is 7.53. The molecule has 0 aliphatic carbocycles. The van der Waals surface area contributed by atoms with E-state index in [1.165, 1.54) is 5.56 Å². The van der Waals surface area contributed by atoms with Crippen LogP contribution in [0.1, 0.15) is 17.2 Å². The largest absolute Gasteiger partial charge is 0.463 e. The van der Waals surface area contributed by atoms with Gasteiger partial charge < -0.3 is 10.5 Å². The molecule has 68 valence electrons. The van der Waals surface area contributed by atoms with E-state index >= 15 is 0 Å². The fourth-order valence-corrected chi connectivity index (χ4v) is 1.35. The second kappa shape index (κ2) is 3.09. The van der Waals surface area contributed by atoms with Crippen LogP contribution in [0.25, 0.3) is 0 Å². The second-order valence-electron chi connectivity index (χ2n) is 3.20. The summed E-state index contributed by atoms with van der Waals surface area (Å²) in [5, 5.41) is 0. The van der Waals surface area contributed by atoms with Crippen molar-refractivity contribution in [3.8, 4) is 0 Å². The predicted octanol–water partition coefficient (Wildman–Crippen LogP) is 1.38. The zero-order chi connectivity index (χ0) is 9.26. The minimum Gasteiger partial charge on any atom is -0.463 e. The third-order valence-corrected chi connectivity index (χ3v) is 2.13. The molecule has 1 aliphatic rings. The standard InChI is InChI=1S/C10H12N2O/c1-7-2-4-8(5-3-7)9-6-13-10(11)12-9/h2-5,9H,6H2,1H3,(H2,11,12)/t9-/m1/s1. The Morgan fingerprint density at radius 2 is 2.08 bits per heavy atom. The Hall–Kier alpha value is -1.51. The van der Waals surface area contributed by atoms with E-state index in [1.54, 1.807) is 0 Å². The van der Waals surface area contributed by atoms with Crippen molar-refractivity contribution in [3.63, 3.8) is 0 Å². The first-order chi connectivity index (χ1) is 6.25. The molecule has 0 fully saturated rings. The molecule has 0 saturated heterocycles. The number of amidine groups is 1. The van der Waals surface area contributed by atoms with E-state index in [2.05, 4.69) is 36.2 Å². The van der Waals surface area contributed by atoms with Gasteiger partial charge in [0, 0.05) is 0 Å². The Labute approximate surface area is 77.2 Å². The maximum Gasteiger partial charge on any atom is 0.282 e. The van der Waals surface area contributed by atoms with Gasteiger partial charge >= 0.3 is 0 Å². The van der Waals surface area contributed by atoms with Gasteiger partial charge in [-0.2, -0.15) is 0 Å². The fraction of sp³-hybridized carbons (Fsp3) is 0.300. The first-order valence-corrected chi connectivity index (χ1v) is 4.28. The zero-order valence-corrected chi connectivity index (χ0v) is 7.53. The van der Waals surface area contributed by atoms with Crippen molar-refractivity contribution >= 4 is 6.02 Å². The quantitative estimate of drug-likeness (QED) is 0.702. The molecule has 3 nitrogen and oxygen atoms in total. The van der Waals surface area contributed by atoms with Gasteiger partial charge in [-0.15, -0.1) is 0 Å². The Morgan fingerprint density at radius 1 is 1.38 bits per heavy atom. The highest BCUT2D eigenvalue weighted by Gasteiger charge is 2.17. The summed E-state index contributed by atoms with van der Waals surface area (Å²) in [5.74, 6) is 0. The average Bonchev–Trinajstić information content (AvgIpc) is 2.53. The second-order valence-corrected chi connectivity index (χ2v) is 3.20. The van der Waals surface area contributed by atoms with Crippen LogP contribution in [-0.2, 0) is 4.74 Å². The molecule has 3 heteroatoms. The smallest absolute Gasteiger partial charge is 0.282 e. The Kier molecular flexibility index (Phi) is 1.93. The van der Waals surface area contributed by atoms with Crippen molar-refractivity contribution in [1.82, 2.24) is 0 Å². The monoisotopic (exact) mass is 176 g/mol. The van der Waals surface area contributed by atoms with Crippen LogP contribution in [0, 0.1) is 6.92 Å². The molecule has 0 aromatic heterocycles. The number of aryl methyl sites for hydroxylation is 1. The van der Waals surface area contributed by atoms with E-state index in [9.17, 15) is 0 Å². The number of nitrogens with zero attached hydrogens (tertiary/aromatic N) is 1. The van der Waals surface area contributed by atoms with Crippen molar-refractivity contribution in [3.05, 3.63) is 35.4 Å². The molecule has 1 atom stereocenters. The molecule has 0 spiro atoms. The summed E-state index contributed by atoms with van der Waals surface area (Å²) in [5.41, 5.74) is 7.83. The lowest BCUT2D eigenvalue weighted by atomic mass is 10.1. The maximum absolute atomic E-state index is 5.42. The van der Waals surface area contributed by atoms with Crippen molar-refractivity contribution in [2.75, 3.05) is 6.61 Å². The summed E-state index contributed by atoms with van der Waals surface area (Å²) < 4.78 is 5.08. The van der Waals surface area contributed by atoms with Crippen LogP contribution < -0.4 is 5.73 Å². The number of rotatable bonds is 1. The van der Waals surface area contributed by atoms with E-state index < -0.39 is 0 Å². The number of hydrogen-bond acceptors (Lipinski definition) is 3. The van der Waals surface area contributed by atoms with Crippen LogP contribution >= 0.6 is 0 Å². The molecule has 1 heterocycles. The first kappa shape index (κ1) is 8.10. The highest BCUT2D eigenvalue weighted by molar-refractivity contribution is 5.73. The summed E-state index contributed by atoms with van der Waals surface area (Å²) in [4.78, 5) is 4.16. The summed E-state index contributed by atoms with van der Waals surface area (Å²) in [6, 6.07) is 8.64. The van der Waals surface area contributed by atoms with E-state index in [0.29, 0.717) is 12.6 Å². The molecule has 0 saturated carbocycles. The summed E-state index contributed by atoms with van der Waals surface area (Å²) >= 11 is 0. The van der Waals surface area contributed by atoms with Gasteiger partial charge in [0.05, 0.1) is 0 Å². The van der Waals surface area contributed by atoms with Gasteiger partial charge in [0.2, 0.25) is 0 Å². The van der Waals surface area contributed by atoms with Crippen molar-refractivity contribution in [2.45, 2.75) is 13.0 Å². The van der Waals surface area contributed by atoms with Crippen molar-refractivity contribution in [1.29, 1.82) is 0 Å². The summed E-state index contributed by atoms with van der Waals surface area (Å²) in [7, 11) is 0. The van der Waals surface area contributed by atoms with Crippen LogP contribution in [0.3, 0.4) is 0 Å². The number of benzene rings is 1. The SMILES string of the molecule is Cc1ccc([C@H]2COC(N)=N2)cc1. The molecule has 13 heavy (non-hydrogen) atoms. The molecular formula is C10H12N2O. The lowest BCUT2D eigenvalue weighted by Gasteiger charge is -2.04. The molecule has 0 bridgehead atoms. The Bertz CT molecular complexity index is 329. The van der Waals surface area contributed by atoms with Crippen LogP contribution in [0.15, 0.2) is 29.3 Å². The van der Waals surface area contributed by atoms with Crippen molar-refractivity contribution in [2.24, 2.45) is 10.7 Å². The van der Waals surface area contributed by atoms with Gasteiger partial charge in [0.15, 0.2) is 0 Å². The normalized spacial score (nSPS) is 21.0. The lowest BCUT2D eigenvalue weighted by Crippen LogP contribution is -2.10. The highest BCUT2D eigenvalue weighted by atomic mass is 16.5. The Morgan fingerprint density at radius 3 is 2.62 bits per heavy atom. The molecule has 1 aromatic rings. The average molecular weight is 176 g/mol. The lowest BCUT2D eigenvalue weighted by molar-refractivity contribution is 0.315. The minimum atomic E-state index is 0.0839. The van der Waals surface area contributed by atoms with E-state index in [1.807, 2.05) is 0 Å². The fourth-order valence-electron chi connectivity index (χ4n) is 1.35. The third kappa shape index (κ3) is 1.64. The van der Waals surface area contributed by atoms with Gasteiger partial charge in [-0.3, -0.25) is 0 Å². The summed E-state index contributed by atoms with van der Waals surface area (Å²) in [6.07, 6.45) is 0. The number of ether oxygens (including phenoxy) is 1. The van der Waals surface area contributed by atoms with Gasteiger partial charge in [0.25, 0.3) is 6.02 Å². The van der Waals surface area contributed by atoms with E-state index in [-0.39, 0.29) is 6.04 Å². The molecule has 2 N–H and O–H groups in total. The van der Waals surface area contributed by atoms with E-state index in [4.69, 9.17) is 10.5 Å². The van der Waals surface area contributed by atoms with Gasteiger partial charge in [-0.25, -0.2) is 4.99 Å². The molecule has 0 unspecified atom stereocenters. The maximum atomic E-state index is 5.42. The molecule has 2 rings (SSSR count). The van der Waals surface area contributed by atoms with Gasteiger partial charge in [-0.1, -0.05) is 29.8 Å². The Balaban J connectivity index is 2.22. The predicted molar refractivity (Wildman–Crippen MR) is 51.5 cm³/mol.